The number of methoxy groups -OCH3 is 2. The fourth-order valence-electron chi connectivity index (χ4n) is 4.45. The summed E-state index contributed by atoms with van der Waals surface area (Å²) in [6.45, 7) is 4.08. The van der Waals surface area contributed by atoms with Crippen LogP contribution in [0.2, 0.25) is 0 Å². The molecule has 0 bridgehead atoms. The summed E-state index contributed by atoms with van der Waals surface area (Å²) < 4.78 is 10.7. The number of carbonyl (C=O) groups is 1. The van der Waals surface area contributed by atoms with Crippen molar-refractivity contribution in [2.45, 2.75) is 13.0 Å². The molecule has 3 atom stereocenters. The highest BCUT2D eigenvalue weighted by Gasteiger charge is 2.49. The largest absolute Gasteiger partial charge is 0.497 e. The number of fused-ring (bicyclic) bond motifs is 1. The Morgan fingerprint density at radius 2 is 1.78 bits per heavy atom. The van der Waals surface area contributed by atoms with Crippen molar-refractivity contribution >= 4 is 11.7 Å². The first-order valence-corrected chi connectivity index (χ1v) is 9.13. The molecule has 0 spiro atoms. The lowest BCUT2D eigenvalue weighted by Gasteiger charge is -2.29. The molecule has 1 aromatic heterocycles. The minimum atomic E-state index is 0.0612. The van der Waals surface area contributed by atoms with Gasteiger partial charge in [-0.1, -0.05) is 12.1 Å². The molecule has 1 aromatic carbocycles. The van der Waals surface area contributed by atoms with E-state index in [9.17, 15) is 4.79 Å². The van der Waals surface area contributed by atoms with Gasteiger partial charge in [0.05, 0.1) is 20.3 Å². The van der Waals surface area contributed by atoms with E-state index in [1.165, 1.54) is 0 Å². The molecule has 2 aliphatic heterocycles. The Morgan fingerprint density at radius 1 is 1.04 bits per heavy atom. The zero-order valence-electron chi connectivity index (χ0n) is 15.8. The Bertz CT molecular complexity index is 826. The van der Waals surface area contributed by atoms with Gasteiger partial charge in [-0.05, 0) is 17.7 Å². The molecule has 1 amide bonds. The molecule has 0 unspecified atom stereocenters. The molecule has 3 heterocycles. The average Bonchev–Trinajstić information content (AvgIpc) is 3.26. The number of likely N-dealkylation sites (tertiary alicyclic amines) is 1. The summed E-state index contributed by atoms with van der Waals surface area (Å²) in [4.78, 5) is 25.3. The van der Waals surface area contributed by atoms with Crippen LogP contribution in [0.5, 0.6) is 11.6 Å². The maximum atomic E-state index is 12.3. The number of rotatable bonds is 4. The van der Waals surface area contributed by atoms with E-state index < -0.39 is 0 Å². The molecule has 0 saturated carbocycles. The molecule has 0 N–H and O–H groups in total. The van der Waals surface area contributed by atoms with Crippen molar-refractivity contribution in [3.8, 4) is 11.6 Å². The topological polar surface area (TPSA) is 67.8 Å². The minimum Gasteiger partial charge on any atom is -0.497 e. The highest BCUT2D eigenvalue weighted by atomic mass is 16.5. The van der Waals surface area contributed by atoms with E-state index in [1.54, 1.807) is 33.5 Å². The van der Waals surface area contributed by atoms with E-state index in [-0.39, 0.29) is 11.9 Å². The van der Waals surface area contributed by atoms with Gasteiger partial charge >= 0.3 is 0 Å². The Kier molecular flexibility index (Phi) is 4.59. The van der Waals surface area contributed by atoms with Crippen molar-refractivity contribution in [3.05, 3.63) is 42.2 Å². The van der Waals surface area contributed by atoms with Gasteiger partial charge in [0.15, 0.2) is 5.82 Å². The van der Waals surface area contributed by atoms with Crippen LogP contribution in [0.15, 0.2) is 36.7 Å². The van der Waals surface area contributed by atoms with Crippen molar-refractivity contribution in [2.75, 3.05) is 38.8 Å². The van der Waals surface area contributed by atoms with Crippen LogP contribution in [0.1, 0.15) is 18.5 Å². The zero-order valence-corrected chi connectivity index (χ0v) is 15.8. The van der Waals surface area contributed by atoms with Gasteiger partial charge in [0.1, 0.15) is 5.75 Å². The predicted octanol–water partition coefficient (Wildman–Crippen LogP) is 2.15. The average molecular weight is 368 g/mol. The Labute approximate surface area is 158 Å². The Morgan fingerprint density at radius 3 is 2.44 bits per heavy atom. The molecular weight excluding hydrogens is 344 g/mol. The molecule has 2 fully saturated rings. The quantitative estimate of drug-likeness (QED) is 0.824. The van der Waals surface area contributed by atoms with Gasteiger partial charge in [0, 0.05) is 50.8 Å². The van der Waals surface area contributed by atoms with Crippen LogP contribution in [0.25, 0.3) is 0 Å². The summed E-state index contributed by atoms with van der Waals surface area (Å²) in [5, 5.41) is 0. The van der Waals surface area contributed by atoms with E-state index in [2.05, 4.69) is 27.0 Å². The van der Waals surface area contributed by atoms with Crippen molar-refractivity contribution in [1.29, 1.82) is 0 Å². The van der Waals surface area contributed by atoms with Gasteiger partial charge in [-0.3, -0.25) is 4.79 Å². The number of amides is 1. The predicted molar refractivity (Wildman–Crippen MR) is 101 cm³/mol. The SMILES string of the molecule is COc1ccc([C@H]2[C@@H]3CN(c4nccnc4OC)C[C@@H]3CN2C(C)=O)cc1. The molecule has 2 saturated heterocycles. The van der Waals surface area contributed by atoms with Crippen LogP contribution in [-0.4, -0.2) is 54.6 Å². The highest BCUT2D eigenvalue weighted by Crippen LogP contribution is 2.46. The number of hydrogen-bond donors (Lipinski definition) is 0. The number of nitrogens with zero attached hydrogens (tertiary/aromatic N) is 4. The van der Waals surface area contributed by atoms with Crippen molar-refractivity contribution in [1.82, 2.24) is 14.9 Å². The Hall–Kier alpha value is -2.83. The third kappa shape index (κ3) is 3.07. The van der Waals surface area contributed by atoms with Crippen LogP contribution in [0.4, 0.5) is 5.82 Å². The van der Waals surface area contributed by atoms with E-state index in [1.807, 2.05) is 17.0 Å². The second kappa shape index (κ2) is 7.06. The fourth-order valence-corrected chi connectivity index (χ4v) is 4.45. The van der Waals surface area contributed by atoms with Crippen molar-refractivity contribution in [2.24, 2.45) is 11.8 Å². The van der Waals surface area contributed by atoms with Crippen LogP contribution in [0.3, 0.4) is 0 Å². The lowest BCUT2D eigenvalue weighted by Crippen LogP contribution is -2.34. The smallest absolute Gasteiger partial charge is 0.257 e. The first kappa shape index (κ1) is 17.6. The van der Waals surface area contributed by atoms with Gasteiger partial charge in [-0.15, -0.1) is 0 Å². The van der Waals surface area contributed by atoms with Gasteiger partial charge in [0.2, 0.25) is 5.91 Å². The highest BCUT2D eigenvalue weighted by molar-refractivity contribution is 5.74. The lowest BCUT2D eigenvalue weighted by molar-refractivity contribution is -0.130. The van der Waals surface area contributed by atoms with Crippen LogP contribution in [-0.2, 0) is 4.79 Å². The van der Waals surface area contributed by atoms with Crippen LogP contribution >= 0.6 is 0 Å². The first-order chi connectivity index (χ1) is 13.1. The van der Waals surface area contributed by atoms with Crippen LogP contribution < -0.4 is 14.4 Å². The van der Waals surface area contributed by atoms with E-state index in [4.69, 9.17) is 9.47 Å². The monoisotopic (exact) mass is 368 g/mol. The van der Waals surface area contributed by atoms with Gasteiger partial charge in [0.25, 0.3) is 5.88 Å². The molecule has 2 aromatic rings. The molecule has 0 radical (unpaired) electrons. The third-order valence-electron chi connectivity index (χ3n) is 5.67. The van der Waals surface area contributed by atoms with Crippen LogP contribution in [0, 0.1) is 11.8 Å². The fraction of sp³-hybridized carbons (Fsp3) is 0.450. The molecule has 27 heavy (non-hydrogen) atoms. The second-order valence-corrected chi connectivity index (χ2v) is 7.11. The summed E-state index contributed by atoms with van der Waals surface area (Å²) in [7, 11) is 3.27. The van der Waals surface area contributed by atoms with Crippen molar-refractivity contribution in [3.63, 3.8) is 0 Å². The summed E-state index contributed by atoms with van der Waals surface area (Å²) in [5.41, 5.74) is 1.14. The molecular formula is C20H24N4O3. The summed E-state index contributed by atoms with van der Waals surface area (Å²) in [6.07, 6.45) is 3.33. The first-order valence-electron chi connectivity index (χ1n) is 9.13. The molecule has 7 heteroatoms. The number of aromatic nitrogens is 2. The third-order valence-corrected chi connectivity index (χ3v) is 5.67. The van der Waals surface area contributed by atoms with Crippen molar-refractivity contribution < 1.29 is 14.3 Å². The number of benzene rings is 1. The van der Waals surface area contributed by atoms with Gasteiger partial charge in [-0.25, -0.2) is 9.97 Å². The second-order valence-electron chi connectivity index (χ2n) is 7.11. The summed E-state index contributed by atoms with van der Waals surface area (Å²) in [5.74, 6) is 3.00. The van der Waals surface area contributed by atoms with E-state index >= 15 is 0 Å². The molecule has 7 nitrogen and oxygen atoms in total. The van der Waals surface area contributed by atoms with E-state index in [0.29, 0.717) is 17.7 Å². The van der Waals surface area contributed by atoms with Gasteiger partial charge in [-0.2, -0.15) is 0 Å². The zero-order chi connectivity index (χ0) is 19.0. The lowest BCUT2D eigenvalue weighted by atomic mass is 9.89. The molecule has 0 aliphatic carbocycles. The number of carbonyl (C=O) groups excluding carboxylic acids is 1. The normalized spacial score (nSPS) is 24.0. The number of anilines is 1. The summed E-state index contributed by atoms with van der Waals surface area (Å²) >= 11 is 0. The van der Waals surface area contributed by atoms with E-state index in [0.717, 1.165) is 36.8 Å². The minimum absolute atomic E-state index is 0.0612. The molecule has 142 valence electrons. The standard InChI is InChI=1S/C20H24N4O3/c1-13(25)24-11-15-10-23(19-20(27-3)22-9-8-21-19)12-17(15)18(24)14-4-6-16(26-2)7-5-14/h4-9,15,17-18H,10-12H2,1-3H3/t15-,17-,18+/m1/s1. The van der Waals surface area contributed by atoms with Gasteiger partial charge < -0.3 is 19.3 Å². The maximum absolute atomic E-state index is 12.3. The number of hydrogen-bond acceptors (Lipinski definition) is 6. The Balaban J connectivity index is 1.63. The molecule has 2 aliphatic rings. The molecule has 4 rings (SSSR count). The number of ether oxygens (including phenoxy) is 2. The summed E-state index contributed by atoms with van der Waals surface area (Å²) in [6, 6.07) is 8.10. The maximum Gasteiger partial charge on any atom is 0.257 e.